The Bertz CT molecular complexity index is 328. The van der Waals surface area contributed by atoms with Gasteiger partial charge in [0.2, 0.25) is 0 Å². The Morgan fingerprint density at radius 1 is 1.41 bits per heavy atom. The van der Waals surface area contributed by atoms with Crippen LogP contribution < -0.4 is 0 Å². The normalized spacial score (nSPS) is 26.8. The minimum absolute atomic E-state index is 0.211. The summed E-state index contributed by atoms with van der Waals surface area (Å²) in [4.78, 5) is 24.7. The van der Waals surface area contributed by atoms with Gasteiger partial charge in [0.15, 0.2) is 0 Å². The molecule has 1 aliphatic heterocycles. The van der Waals surface area contributed by atoms with Crippen LogP contribution in [0.5, 0.6) is 0 Å². The van der Waals surface area contributed by atoms with Crippen LogP contribution in [0.4, 0.5) is 4.79 Å². The Balaban J connectivity index is 2.04. The zero-order valence-corrected chi connectivity index (χ0v) is 10.9. The number of ether oxygens (including phenoxy) is 1. The maximum atomic E-state index is 12.0. The quantitative estimate of drug-likeness (QED) is 0.660. The van der Waals surface area contributed by atoms with Gasteiger partial charge in [-0.1, -0.05) is 6.42 Å². The Kier molecular flexibility index (Phi) is 2.92. The number of amides is 1. The molecule has 0 N–H and O–H groups in total. The van der Waals surface area contributed by atoms with Crippen molar-refractivity contribution >= 4 is 12.4 Å². The van der Waals surface area contributed by atoms with E-state index in [-0.39, 0.29) is 17.6 Å². The lowest BCUT2D eigenvalue weighted by Crippen LogP contribution is -2.41. The molecular weight excluding hydrogens is 218 g/mol. The first kappa shape index (κ1) is 12.4. The van der Waals surface area contributed by atoms with E-state index in [1.807, 2.05) is 20.8 Å². The summed E-state index contributed by atoms with van der Waals surface area (Å²) in [5.41, 5.74) is -0.289. The van der Waals surface area contributed by atoms with Gasteiger partial charge < -0.3 is 9.53 Å². The molecule has 1 saturated carbocycles. The molecule has 0 bridgehead atoms. The first-order chi connectivity index (χ1) is 7.85. The highest BCUT2D eigenvalue weighted by molar-refractivity contribution is 5.74. The molecule has 1 aliphatic carbocycles. The number of likely N-dealkylation sites (tertiary alicyclic amines) is 1. The Morgan fingerprint density at radius 3 is 2.47 bits per heavy atom. The zero-order valence-electron chi connectivity index (χ0n) is 10.9. The van der Waals surface area contributed by atoms with Gasteiger partial charge in [0.05, 0.1) is 6.04 Å². The Morgan fingerprint density at radius 2 is 2.06 bits per heavy atom. The monoisotopic (exact) mass is 239 g/mol. The molecule has 0 radical (unpaired) electrons. The van der Waals surface area contributed by atoms with Crippen molar-refractivity contribution in [2.75, 3.05) is 6.54 Å². The van der Waals surface area contributed by atoms with Crippen molar-refractivity contribution in [1.29, 1.82) is 0 Å². The molecule has 1 unspecified atom stereocenters. The average molecular weight is 239 g/mol. The van der Waals surface area contributed by atoms with E-state index in [9.17, 15) is 9.59 Å². The molecule has 4 nitrogen and oxygen atoms in total. The molecule has 2 aliphatic rings. The van der Waals surface area contributed by atoms with Crippen molar-refractivity contribution in [3.05, 3.63) is 0 Å². The van der Waals surface area contributed by atoms with Crippen LogP contribution in [0.25, 0.3) is 0 Å². The van der Waals surface area contributed by atoms with Gasteiger partial charge >= 0.3 is 6.09 Å². The third-order valence-electron chi connectivity index (χ3n) is 3.75. The first-order valence-corrected chi connectivity index (χ1v) is 6.30. The van der Waals surface area contributed by atoms with Crippen LogP contribution >= 0.6 is 0 Å². The number of rotatable bonds is 1. The van der Waals surface area contributed by atoms with E-state index in [4.69, 9.17) is 4.74 Å². The van der Waals surface area contributed by atoms with Crippen molar-refractivity contribution < 1.29 is 14.3 Å². The Hall–Kier alpha value is -1.06. The number of carbonyl (C=O) groups excluding carboxylic acids is 2. The van der Waals surface area contributed by atoms with Crippen LogP contribution in [0.3, 0.4) is 0 Å². The second-order valence-corrected chi connectivity index (χ2v) is 6.37. The summed E-state index contributed by atoms with van der Waals surface area (Å²) in [6.07, 6.45) is 4.84. The summed E-state index contributed by atoms with van der Waals surface area (Å²) >= 11 is 0. The van der Waals surface area contributed by atoms with Gasteiger partial charge in [-0.3, -0.25) is 4.90 Å². The van der Waals surface area contributed by atoms with Crippen LogP contribution in [-0.2, 0) is 9.53 Å². The predicted octanol–water partition coefficient (Wildman–Crippen LogP) is 2.37. The topological polar surface area (TPSA) is 46.6 Å². The third kappa shape index (κ3) is 2.45. The number of hydrogen-bond acceptors (Lipinski definition) is 3. The highest BCUT2D eigenvalue weighted by Crippen LogP contribution is 2.50. The van der Waals surface area contributed by atoms with Gasteiger partial charge in [0.1, 0.15) is 11.9 Å². The molecule has 1 amide bonds. The van der Waals surface area contributed by atoms with Crippen molar-refractivity contribution in [3.63, 3.8) is 0 Å². The lowest BCUT2D eigenvalue weighted by Gasteiger charge is -2.37. The van der Waals surface area contributed by atoms with Gasteiger partial charge in [0.25, 0.3) is 0 Å². The van der Waals surface area contributed by atoms with Crippen molar-refractivity contribution in [2.45, 2.75) is 58.1 Å². The van der Waals surface area contributed by atoms with Crippen LogP contribution in [0.1, 0.15) is 46.5 Å². The summed E-state index contributed by atoms with van der Waals surface area (Å²) in [6.45, 7) is 6.22. The van der Waals surface area contributed by atoms with Crippen LogP contribution in [0, 0.1) is 5.41 Å². The molecule has 0 aromatic rings. The minimum atomic E-state index is -0.500. The highest BCUT2D eigenvalue weighted by Gasteiger charge is 2.49. The summed E-state index contributed by atoms with van der Waals surface area (Å²) < 4.78 is 5.34. The molecule has 1 saturated heterocycles. The SMILES string of the molecule is CC(C)(C)OC(=O)N1CC2(CCC2)CC1C=O. The van der Waals surface area contributed by atoms with Crippen LogP contribution in [-0.4, -0.2) is 35.5 Å². The zero-order chi connectivity index (χ0) is 12.7. The summed E-state index contributed by atoms with van der Waals surface area (Å²) in [5.74, 6) is 0. The van der Waals surface area contributed by atoms with E-state index in [2.05, 4.69) is 0 Å². The fourth-order valence-corrected chi connectivity index (χ4v) is 2.78. The molecule has 17 heavy (non-hydrogen) atoms. The van der Waals surface area contributed by atoms with E-state index in [0.717, 1.165) is 25.5 Å². The van der Waals surface area contributed by atoms with Crippen LogP contribution in [0.2, 0.25) is 0 Å². The molecule has 96 valence electrons. The van der Waals surface area contributed by atoms with Gasteiger partial charge in [-0.15, -0.1) is 0 Å². The molecule has 1 heterocycles. The fourth-order valence-electron chi connectivity index (χ4n) is 2.78. The maximum Gasteiger partial charge on any atom is 0.410 e. The third-order valence-corrected chi connectivity index (χ3v) is 3.75. The number of hydrogen-bond donors (Lipinski definition) is 0. The summed E-state index contributed by atoms with van der Waals surface area (Å²) in [7, 11) is 0. The van der Waals surface area contributed by atoms with E-state index < -0.39 is 5.60 Å². The second-order valence-electron chi connectivity index (χ2n) is 6.37. The smallest absolute Gasteiger partial charge is 0.410 e. The average Bonchev–Trinajstić information content (AvgIpc) is 2.53. The van der Waals surface area contributed by atoms with Crippen molar-refractivity contribution in [1.82, 2.24) is 4.90 Å². The number of nitrogens with zero attached hydrogens (tertiary/aromatic N) is 1. The molecule has 0 aromatic heterocycles. The standard InChI is InChI=1S/C13H21NO3/c1-12(2,3)17-11(16)14-9-13(5-4-6-13)7-10(14)8-15/h8,10H,4-7,9H2,1-3H3. The Labute approximate surface area is 102 Å². The molecule has 2 fully saturated rings. The van der Waals surface area contributed by atoms with Gasteiger partial charge in [-0.2, -0.15) is 0 Å². The molecule has 1 atom stereocenters. The maximum absolute atomic E-state index is 12.0. The molecule has 4 heteroatoms. The van der Waals surface area contributed by atoms with Gasteiger partial charge in [0, 0.05) is 6.54 Å². The van der Waals surface area contributed by atoms with Crippen molar-refractivity contribution in [3.8, 4) is 0 Å². The predicted molar refractivity (Wildman–Crippen MR) is 63.7 cm³/mol. The molecular formula is C13H21NO3. The minimum Gasteiger partial charge on any atom is -0.444 e. The largest absolute Gasteiger partial charge is 0.444 e. The van der Waals surface area contributed by atoms with E-state index in [1.165, 1.54) is 6.42 Å². The summed E-state index contributed by atoms with van der Waals surface area (Å²) in [6, 6.07) is -0.287. The van der Waals surface area contributed by atoms with Crippen LogP contribution in [0.15, 0.2) is 0 Å². The molecule has 1 spiro atoms. The number of carbonyl (C=O) groups is 2. The van der Waals surface area contributed by atoms with Gasteiger partial charge in [-0.05, 0) is 45.4 Å². The van der Waals surface area contributed by atoms with E-state index >= 15 is 0 Å². The number of aldehydes is 1. The molecule has 0 aromatic carbocycles. The lowest BCUT2D eigenvalue weighted by molar-refractivity contribution is -0.111. The molecule has 2 rings (SSSR count). The van der Waals surface area contributed by atoms with Crippen molar-refractivity contribution in [2.24, 2.45) is 5.41 Å². The first-order valence-electron chi connectivity index (χ1n) is 6.30. The van der Waals surface area contributed by atoms with E-state index in [0.29, 0.717) is 6.54 Å². The van der Waals surface area contributed by atoms with E-state index in [1.54, 1.807) is 4.90 Å². The second kappa shape index (κ2) is 4.00. The summed E-state index contributed by atoms with van der Waals surface area (Å²) in [5, 5.41) is 0. The fraction of sp³-hybridized carbons (Fsp3) is 0.846. The highest BCUT2D eigenvalue weighted by atomic mass is 16.6. The van der Waals surface area contributed by atoms with Gasteiger partial charge in [-0.25, -0.2) is 4.79 Å². The lowest BCUT2D eigenvalue weighted by atomic mass is 9.68.